The molecule has 0 saturated carbocycles. The first-order chi connectivity index (χ1) is 9.59. The highest BCUT2D eigenvalue weighted by molar-refractivity contribution is 6.30. The summed E-state index contributed by atoms with van der Waals surface area (Å²) in [6, 6.07) is 16.9. The van der Waals surface area contributed by atoms with Gasteiger partial charge in [-0.15, -0.1) is 0 Å². The molecule has 0 aliphatic heterocycles. The highest BCUT2D eigenvalue weighted by Crippen LogP contribution is 2.33. The molecule has 3 aromatic rings. The van der Waals surface area contributed by atoms with Gasteiger partial charge in [0.2, 0.25) is 0 Å². The summed E-state index contributed by atoms with van der Waals surface area (Å²) in [6.45, 7) is 1.79. The maximum atomic E-state index is 11.0. The molecule has 2 nitrogen and oxygen atoms in total. The lowest BCUT2D eigenvalue weighted by molar-refractivity contribution is 0.104. The minimum absolute atomic E-state index is 0.657. The van der Waals surface area contributed by atoms with Crippen molar-refractivity contribution in [1.29, 1.82) is 0 Å². The zero-order chi connectivity index (χ0) is 14.2. The molecule has 20 heavy (non-hydrogen) atoms. The van der Waals surface area contributed by atoms with Crippen molar-refractivity contribution < 1.29 is 5.11 Å². The Bertz CT molecular complexity index is 745. The van der Waals surface area contributed by atoms with Gasteiger partial charge >= 0.3 is 0 Å². The van der Waals surface area contributed by atoms with Crippen LogP contribution in [0.1, 0.15) is 18.1 Å². The lowest BCUT2D eigenvalue weighted by atomic mass is 9.86. The molecule has 1 atom stereocenters. The van der Waals surface area contributed by atoms with E-state index in [4.69, 9.17) is 11.6 Å². The van der Waals surface area contributed by atoms with Crippen LogP contribution < -0.4 is 0 Å². The minimum atomic E-state index is -1.09. The molecule has 1 unspecified atom stereocenters. The Labute approximate surface area is 122 Å². The van der Waals surface area contributed by atoms with E-state index < -0.39 is 5.60 Å². The van der Waals surface area contributed by atoms with E-state index in [2.05, 4.69) is 4.98 Å². The lowest BCUT2D eigenvalue weighted by Crippen LogP contribution is -2.23. The second kappa shape index (κ2) is 4.89. The molecule has 3 rings (SSSR count). The molecule has 1 N–H and O–H groups in total. The number of aliphatic hydroxyl groups is 1. The number of benzene rings is 2. The van der Waals surface area contributed by atoms with Gasteiger partial charge in [-0.1, -0.05) is 41.9 Å². The molecule has 0 fully saturated rings. The monoisotopic (exact) mass is 283 g/mol. The van der Waals surface area contributed by atoms with E-state index >= 15 is 0 Å². The van der Waals surface area contributed by atoms with E-state index in [0.717, 1.165) is 22.0 Å². The first-order valence-electron chi connectivity index (χ1n) is 6.42. The fourth-order valence-electron chi connectivity index (χ4n) is 2.46. The van der Waals surface area contributed by atoms with Crippen LogP contribution in [0.2, 0.25) is 5.02 Å². The summed E-state index contributed by atoms with van der Waals surface area (Å²) < 4.78 is 0. The third kappa shape index (κ3) is 2.17. The van der Waals surface area contributed by atoms with E-state index in [9.17, 15) is 5.11 Å². The van der Waals surface area contributed by atoms with Crippen LogP contribution in [0.25, 0.3) is 10.9 Å². The number of nitrogens with zero attached hydrogens (tertiary/aromatic N) is 1. The molecular formula is C17H14ClNO. The molecule has 0 aliphatic rings. The van der Waals surface area contributed by atoms with Crippen LogP contribution in [0.15, 0.2) is 60.8 Å². The summed E-state index contributed by atoms with van der Waals surface area (Å²) in [4.78, 5) is 4.33. The van der Waals surface area contributed by atoms with Crippen molar-refractivity contribution >= 4 is 22.5 Å². The fraction of sp³-hybridized carbons (Fsp3) is 0.118. The van der Waals surface area contributed by atoms with Crippen molar-refractivity contribution in [1.82, 2.24) is 4.98 Å². The Hall–Kier alpha value is -1.90. The van der Waals surface area contributed by atoms with Crippen molar-refractivity contribution in [2.24, 2.45) is 0 Å². The highest BCUT2D eigenvalue weighted by Gasteiger charge is 2.27. The van der Waals surface area contributed by atoms with Gasteiger partial charge in [0.25, 0.3) is 0 Å². The smallest absolute Gasteiger partial charge is 0.112 e. The summed E-state index contributed by atoms with van der Waals surface area (Å²) in [6.07, 6.45) is 1.75. The predicted molar refractivity (Wildman–Crippen MR) is 81.9 cm³/mol. The average Bonchev–Trinajstić information content (AvgIpc) is 2.47. The molecule has 0 bridgehead atoms. The molecule has 0 spiro atoms. The summed E-state index contributed by atoms with van der Waals surface area (Å²) in [5, 5.41) is 12.6. The Morgan fingerprint density at radius 1 is 1.00 bits per heavy atom. The van der Waals surface area contributed by atoms with Crippen molar-refractivity contribution in [3.8, 4) is 0 Å². The third-order valence-electron chi connectivity index (χ3n) is 3.58. The lowest BCUT2D eigenvalue weighted by Gasteiger charge is -2.26. The number of hydrogen-bond donors (Lipinski definition) is 1. The molecule has 1 heterocycles. The molecular weight excluding hydrogens is 270 g/mol. The standard InChI is InChI=1S/C17H14ClNO/c1-17(20,12-7-9-13(18)10-8-12)15-5-2-6-16-14(15)4-3-11-19-16/h2-11,20H,1H3. The summed E-state index contributed by atoms with van der Waals surface area (Å²) in [5.41, 5.74) is 1.43. The van der Waals surface area contributed by atoms with Gasteiger partial charge in [0, 0.05) is 16.6 Å². The largest absolute Gasteiger partial charge is 0.381 e. The molecule has 0 aliphatic carbocycles. The molecule has 0 amide bonds. The second-order valence-electron chi connectivity index (χ2n) is 4.95. The van der Waals surface area contributed by atoms with E-state index in [0.29, 0.717) is 5.02 Å². The maximum Gasteiger partial charge on any atom is 0.112 e. The van der Waals surface area contributed by atoms with Gasteiger partial charge < -0.3 is 5.11 Å². The minimum Gasteiger partial charge on any atom is -0.381 e. The quantitative estimate of drug-likeness (QED) is 0.766. The van der Waals surface area contributed by atoms with Crippen LogP contribution in [0.5, 0.6) is 0 Å². The number of pyridine rings is 1. The Balaban J connectivity index is 2.20. The second-order valence-corrected chi connectivity index (χ2v) is 5.39. The van der Waals surface area contributed by atoms with Gasteiger partial charge in [0.05, 0.1) is 5.52 Å². The van der Waals surface area contributed by atoms with Crippen molar-refractivity contribution in [2.75, 3.05) is 0 Å². The number of fused-ring (bicyclic) bond motifs is 1. The van der Waals surface area contributed by atoms with Crippen LogP contribution in [-0.2, 0) is 5.60 Å². The Kier molecular flexibility index (Phi) is 3.20. The van der Waals surface area contributed by atoms with Crippen LogP contribution >= 0.6 is 11.6 Å². The molecule has 100 valence electrons. The number of aromatic nitrogens is 1. The first-order valence-corrected chi connectivity index (χ1v) is 6.79. The number of rotatable bonds is 2. The first kappa shape index (κ1) is 13.1. The van der Waals surface area contributed by atoms with Gasteiger partial charge in [0.15, 0.2) is 0 Å². The average molecular weight is 284 g/mol. The van der Waals surface area contributed by atoms with Crippen LogP contribution in [0, 0.1) is 0 Å². The SMILES string of the molecule is CC(O)(c1ccc(Cl)cc1)c1cccc2ncccc12. The van der Waals surface area contributed by atoms with Gasteiger partial charge in [-0.2, -0.15) is 0 Å². The normalized spacial score (nSPS) is 14.2. The topological polar surface area (TPSA) is 33.1 Å². The number of halogens is 1. The zero-order valence-electron chi connectivity index (χ0n) is 11.0. The van der Waals surface area contributed by atoms with Gasteiger partial charge in [0.1, 0.15) is 5.60 Å². The van der Waals surface area contributed by atoms with E-state index in [1.807, 2.05) is 42.5 Å². The number of hydrogen-bond acceptors (Lipinski definition) is 2. The van der Waals surface area contributed by atoms with E-state index in [-0.39, 0.29) is 0 Å². The fourth-order valence-corrected chi connectivity index (χ4v) is 2.58. The Morgan fingerprint density at radius 2 is 1.75 bits per heavy atom. The zero-order valence-corrected chi connectivity index (χ0v) is 11.8. The Morgan fingerprint density at radius 3 is 2.50 bits per heavy atom. The van der Waals surface area contributed by atoms with Crippen LogP contribution in [0.3, 0.4) is 0 Å². The molecule has 3 heteroatoms. The predicted octanol–water partition coefficient (Wildman–Crippen LogP) is 4.14. The van der Waals surface area contributed by atoms with Crippen LogP contribution in [-0.4, -0.2) is 10.1 Å². The van der Waals surface area contributed by atoms with Crippen molar-refractivity contribution in [2.45, 2.75) is 12.5 Å². The maximum absolute atomic E-state index is 11.0. The summed E-state index contributed by atoms with van der Waals surface area (Å²) in [7, 11) is 0. The third-order valence-corrected chi connectivity index (χ3v) is 3.83. The molecule has 1 aromatic heterocycles. The summed E-state index contributed by atoms with van der Waals surface area (Å²) in [5.74, 6) is 0. The van der Waals surface area contributed by atoms with Crippen molar-refractivity contribution in [3.63, 3.8) is 0 Å². The molecule has 0 saturated heterocycles. The summed E-state index contributed by atoms with van der Waals surface area (Å²) >= 11 is 5.91. The van der Waals surface area contributed by atoms with Crippen LogP contribution in [0.4, 0.5) is 0 Å². The van der Waals surface area contributed by atoms with E-state index in [1.165, 1.54) is 0 Å². The van der Waals surface area contributed by atoms with Gasteiger partial charge in [-0.3, -0.25) is 4.98 Å². The van der Waals surface area contributed by atoms with Gasteiger partial charge in [-0.05, 0) is 42.3 Å². The molecule has 0 radical (unpaired) electrons. The van der Waals surface area contributed by atoms with Gasteiger partial charge in [-0.25, -0.2) is 0 Å². The van der Waals surface area contributed by atoms with Crippen molar-refractivity contribution in [3.05, 3.63) is 76.9 Å². The highest BCUT2D eigenvalue weighted by atomic mass is 35.5. The van der Waals surface area contributed by atoms with E-state index in [1.54, 1.807) is 25.3 Å². The molecule has 2 aromatic carbocycles.